The van der Waals surface area contributed by atoms with E-state index in [-0.39, 0.29) is 23.1 Å². The van der Waals surface area contributed by atoms with Crippen molar-refractivity contribution in [1.29, 1.82) is 0 Å². The van der Waals surface area contributed by atoms with E-state index in [1.165, 1.54) is 22.7 Å². The van der Waals surface area contributed by atoms with Crippen molar-refractivity contribution in [2.45, 2.75) is 37.8 Å². The molecule has 1 saturated heterocycles. The number of anilines is 4. The van der Waals surface area contributed by atoms with Gasteiger partial charge in [-0.1, -0.05) is 12.8 Å². The summed E-state index contributed by atoms with van der Waals surface area (Å²) in [6.45, 7) is 2.74. The van der Waals surface area contributed by atoms with E-state index in [0.29, 0.717) is 41.9 Å². The van der Waals surface area contributed by atoms with E-state index in [1.54, 1.807) is 29.1 Å². The molecule has 0 unspecified atom stereocenters. The standard InChI is InChI=1S/C28H30N8O4S2/c29-17-3-1-2-4-18(17)33-28-34-26(22(25(30)38)27-31-5-6-36(27)28)32-15-11-20(41-14-15)16-13-40-23-19(37)12-21(42-24(16)23)35-7-9-39-10-8-35/h5-6,11-14,17-18,32H,1-4,7-10,29H2,(H2,30,38)(H,33,34)/t17-,18+/m1/s1. The number of ether oxygens (including phenoxy) is 1. The number of nitrogens with zero attached hydrogens (tertiary/aromatic N) is 4. The molecule has 42 heavy (non-hydrogen) atoms. The van der Waals surface area contributed by atoms with Gasteiger partial charge in [0.25, 0.3) is 5.91 Å². The SMILES string of the molecule is NC(=O)c1c(Nc2csc(-c3coc4c(=O)cc(N5CCOCC5)sc34)c2)nc(N[C@H]2CCCC[C@H]2N)n2ccnc12. The smallest absolute Gasteiger partial charge is 0.256 e. The van der Waals surface area contributed by atoms with Crippen LogP contribution in [0.2, 0.25) is 0 Å². The van der Waals surface area contributed by atoms with Crippen molar-refractivity contribution >= 4 is 67.0 Å². The molecule has 12 nitrogen and oxygen atoms in total. The minimum absolute atomic E-state index is 0.00928. The van der Waals surface area contributed by atoms with Crippen LogP contribution in [0.15, 0.2) is 45.4 Å². The number of morpholine rings is 1. The fourth-order valence-electron chi connectivity index (χ4n) is 5.62. The van der Waals surface area contributed by atoms with Gasteiger partial charge >= 0.3 is 0 Å². The van der Waals surface area contributed by atoms with Crippen molar-refractivity contribution in [3.63, 3.8) is 0 Å². The fraction of sp³-hybridized carbons (Fsp3) is 0.357. The molecule has 6 N–H and O–H groups in total. The van der Waals surface area contributed by atoms with Gasteiger partial charge in [-0.3, -0.25) is 14.0 Å². The fourth-order valence-corrected chi connectivity index (χ4v) is 7.74. The first kappa shape index (κ1) is 26.9. The molecule has 5 aromatic rings. The molecule has 6 heterocycles. The van der Waals surface area contributed by atoms with Crippen molar-refractivity contribution < 1.29 is 13.9 Å². The summed E-state index contributed by atoms with van der Waals surface area (Å²) in [5.74, 6) is 0.196. The molecule has 1 aliphatic carbocycles. The van der Waals surface area contributed by atoms with Crippen LogP contribution in [-0.2, 0) is 4.74 Å². The number of furan rings is 1. The largest absolute Gasteiger partial charge is 0.459 e. The molecular weight excluding hydrogens is 576 g/mol. The van der Waals surface area contributed by atoms with Crippen LogP contribution in [-0.4, -0.2) is 58.7 Å². The minimum atomic E-state index is -0.640. The molecule has 1 amide bonds. The number of rotatable bonds is 7. The Morgan fingerprint density at radius 1 is 1.17 bits per heavy atom. The molecule has 0 aromatic carbocycles. The van der Waals surface area contributed by atoms with Crippen LogP contribution in [0, 0.1) is 0 Å². The number of thiophene rings is 1. The van der Waals surface area contributed by atoms with Gasteiger partial charge in [0.15, 0.2) is 17.0 Å². The van der Waals surface area contributed by atoms with Gasteiger partial charge in [-0.25, -0.2) is 4.98 Å². The molecule has 14 heteroatoms. The Balaban J connectivity index is 1.23. The monoisotopic (exact) mass is 606 g/mol. The van der Waals surface area contributed by atoms with Crippen molar-refractivity contribution in [2.75, 3.05) is 41.8 Å². The number of amides is 1. The Kier molecular flexibility index (Phi) is 7.06. The van der Waals surface area contributed by atoms with E-state index >= 15 is 0 Å². The highest BCUT2D eigenvalue weighted by atomic mass is 32.1. The van der Waals surface area contributed by atoms with Gasteiger partial charge in [-0.2, -0.15) is 4.98 Å². The molecule has 0 bridgehead atoms. The molecule has 7 rings (SSSR count). The predicted molar refractivity (Wildman–Crippen MR) is 165 cm³/mol. The highest BCUT2D eigenvalue weighted by molar-refractivity contribution is 7.23. The third kappa shape index (κ3) is 4.89. The van der Waals surface area contributed by atoms with Gasteiger partial charge in [0.05, 0.1) is 28.6 Å². The van der Waals surface area contributed by atoms with Gasteiger partial charge < -0.3 is 36.2 Å². The number of imidazole rings is 1. The molecule has 2 fully saturated rings. The second kappa shape index (κ2) is 11.0. The predicted octanol–water partition coefficient (Wildman–Crippen LogP) is 3.99. The average molecular weight is 607 g/mol. The van der Waals surface area contributed by atoms with Crippen LogP contribution >= 0.6 is 22.7 Å². The molecule has 5 aromatic heterocycles. The summed E-state index contributed by atoms with van der Waals surface area (Å²) in [4.78, 5) is 37.8. The summed E-state index contributed by atoms with van der Waals surface area (Å²) in [5, 5.41) is 9.60. The van der Waals surface area contributed by atoms with Crippen molar-refractivity contribution in [1.82, 2.24) is 14.4 Å². The van der Waals surface area contributed by atoms with E-state index in [1.807, 2.05) is 11.4 Å². The van der Waals surface area contributed by atoms with Gasteiger partial charge in [-0.05, 0) is 18.9 Å². The Labute approximate surface area is 248 Å². The zero-order valence-electron chi connectivity index (χ0n) is 22.7. The van der Waals surface area contributed by atoms with Crippen LogP contribution in [0.5, 0.6) is 0 Å². The summed E-state index contributed by atoms with van der Waals surface area (Å²) in [6.07, 6.45) is 9.06. The normalized spacial score (nSPS) is 19.4. The van der Waals surface area contributed by atoms with E-state index in [2.05, 4.69) is 20.5 Å². The molecule has 1 aliphatic heterocycles. The van der Waals surface area contributed by atoms with Crippen molar-refractivity contribution in [3.8, 4) is 10.4 Å². The summed E-state index contributed by atoms with van der Waals surface area (Å²) in [5.41, 5.74) is 14.6. The zero-order chi connectivity index (χ0) is 28.8. The van der Waals surface area contributed by atoms with Crippen LogP contribution in [0.3, 0.4) is 0 Å². The third-order valence-electron chi connectivity index (χ3n) is 7.81. The first-order valence-corrected chi connectivity index (χ1v) is 15.6. The maximum absolute atomic E-state index is 12.9. The quantitative estimate of drug-likeness (QED) is 0.213. The molecule has 0 radical (unpaired) electrons. The molecular formula is C28H30N8O4S2. The van der Waals surface area contributed by atoms with Crippen LogP contribution in [0.1, 0.15) is 36.0 Å². The second-order valence-corrected chi connectivity index (χ2v) is 12.5. The number of primary amides is 1. The zero-order valence-corrected chi connectivity index (χ0v) is 24.3. The van der Waals surface area contributed by atoms with Gasteiger partial charge in [0.2, 0.25) is 11.4 Å². The van der Waals surface area contributed by atoms with E-state index < -0.39 is 5.91 Å². The number of carbonyl (C=O) groups excluding carboxylic acids is 1. The Morgan fingerprint density at radius 3 is 2.81 bits per heavy atom. The van der Waals surface area contributed by atoms with E-state index in [4.69, 9.17) is 25.6 Å². The minimum Gasteiger partial charge on any atom is -0.459 e. The van der Waals surface area contributed by atoms with Gasteiger partial charge in [0, 0.05) is 59.5 Å². The Morgan fingerprint density at radius 2 is 2.00 bits per heavy atom. The summed E-state index contributed by atoms with van der Waals surface area (Å²) < 4.78 is 13.7. The lowest BCUT2D eigenvalue weighted by Gasteiger charge is -2.30. The third-order valence-corrected chi connectivity index (χ3v) is 9.97. The van der Waals surface area contributed by atoms with Crippen LogP contribution in [0.25, 0.3) is 26.4 Å². The highest BCUT2D eigenvalue weighted by Gasteiger charge is 2.26. The Bertz CT molecular complexity index is 1840. The number of fused-ring (bicyclic) bond motifs is 2. The number of nitrogens with two attached hydrogens (primary N) is 2. The van der Waals surface area contributed by atoms with E-state index in [0.717, 1.165) is 58.9 Å². The second-order valence-electron chi connectivity index (χ2n) is 10.5. The van der Waals surface area contributed by atoms with E-state index in [9.17, 15) is 9.59 Å². The summed E-state index contributed by atoms with van der Waals surface area (Å²) in [6, 6.07) is 3.65. The summed E-state index contributed by atoms with van der Waals surface area (Å²) >= 11 is 3.03. The Hall–Kier alpha value is -3.98. The summed E-state index contributed by atoms with van der Waals surface area (Å²) in [7, 11) is 0. The number of nitrogens with one attached hydrogen (secondary N) is 2. The number of carbonyl (C=O) groups is 1. The molecule has 218 valence electrons. The maximum Gasteiger partial charge on any atom is 0.256 e. The first-order chi connectivity index (χ1) is 20.5. The van der Waals surface area contributed by atoms with Crippen LogP contribution in [0.4, 0.5) is 22.5 Å². The van der Waals surface area contributed by atoms with Crippen molar-refractivity contribution in [2.24, 2.45) is 11.5 Å². The van der Waals surface area contributed by atoms with Gasteiger partial charge in [0.1, 0.15) is 11.8 Å². The van der Waals surface area contributed by atoms with Crippen molar-refractivity contribution in [3.05, 3.63) is 52.0 Å². The lowest BCUT2D eigenvalue weighted by atomic mass is 9.91. The molecule has 0 spiro atoms. The topological polar surface area (TPSA) is 166 Å². The number of aromatic nitrogens is 3. The van der Waals surface area contributed by atoms with Gasteiger partial charge in [-0.15, -0.1) is 22.7 Å². The molecule has 2 aliphatic rings. The highest BCUT2D eigenvalue weighted by Crippen LogP contribution is 2.40. The molecule has 1 saturated carbocycles. The lowest BCUT2D eigenvalue weighted by Crippen LogP contribution is -2.43. The van der Waals surface area contributed by atoms with Crippen LogP contribution < -0.4 is 32.4 Å². The number of hydrogen-bond acceptors (Lipinski definition) is 12. The number of hydrogen-bond donors (Lipinski definition) is 4. The lowest BCUT2D eigenvalue weighted by molar-refractivity contribution is 0.100. The first-order valence-electron chi connectivity index (χ1n) is 13.9. The maximum atomic E-state index is 12.9. The average Bonchev–Trinajstić information content (AvgIpc) is 3.75. The molecule has 2 atom stereocenters.